The summed E-state index contributed by atoms with van der Waals surface area (Å²) in [6.45, 7) is 6.69. The Bertz CT molecular complexity index is 297. The van der Waals surface area contributed by atoms with E-state index in [0.29, 0.717) is 0 Å². The maximum Gasteiger partial charge on any atom is 0.0559 e. The van der Waals surface area contributed by atoms with Gasteiger partial charge in [0.1, 0.15) is 0 Å². The fourth-order valence-electron chi connectivity index (χ4n) is 1.22. The van der Waals surface area contributed by atoms with Gasteiger partial charge in [-0.05, 0) is 38.3 Å². The third-order valence-corrected chi connectivity index (χ3v) is 2.34. The summed E-state index contributed by atoms with van der Waals surface area (Å²) in [7, 11) is 0. The van der Waals surface area contributed by atoms with Crippen molar-refractivity contribution in [3.63, 3.8) is 0 Å². The number of nitrogens with zero attached hydrogens (tertiary/aromatic N) is 1. The predicted octanol–water partition coefficient (Wildman–Crippen LogP) is 1.88. The Kier molecular flexibility index (Phi) is 3.89. The lowest BCUT2D eigenvalue weighted by Gasteiger charge is -2.11. The highest BCUT2D eigenvalue weighted by molar-refractivity contribution is 5.51. The normalized spacial score (nSPS) is 12.6. The van der Waals surface area contributed by atoms with Gasteiger partial charge in [-0.1, -0.05) is 0 Å². The van der Waals surface area contributed by atoms with Crippen LogP contribution in [0.4, 0.5) is 5.69 Å². The Balaban J connectivity index is 2.54. The molecule has 0 aromatic carbocycles. The molecule has 0 saturated heterocycles. The molecule has 1 unspecified atom stereocenters. The highest BCUT2D eigenvalue weighted by Crippen LogP contribution is 2.15. The summed E-state index contributed by atoms with van der Waals surface area (Å²) in [4.78, 5) is 4.12. The first-order valence-electron chi connectivity index (χ1n) is 4.94. The Labute approximate surface area is 85.2 Å². The van der Waals surface area contributed by atoms with Crippen molar-refractivity contribution in [2.75, 3.05) is 11.9 Å². The van der Waals surface area contributed by atoms with Crippen molar-refractivity contribution >= 4 is 5.69 Å². The topological polar surface area (TPSA) is 45.2 Å². The molecule has 0 aliphatic heterocycles. The molecule has 1 aromatic rings. The molecule has 0 spiro atoms. The minimum absolute atomic E-state index is 0.249. The van der Waals surface area contributed by atoms with Crippen LogP contribution in [0.1, 0.15) is 24.5 Å². The van der Waals surface area contributed by atoms with E-state index < -0.39 is 0 Å². The second-order valence-corrected chi connectivity index (χ2v) is 3.69. The summed E-state index contributed by atoms with van der Waals surface area (Å²) in [6.07, 6.45) is 4.19. The highest BCUT2D eigenvalue weighted by atomic mass is 16.3. The number of pyridine rings is 1. The summed E-state index contributed by atoms with van der Waals surface area (Å²) < 4.78 is 0. The molecule has 78 valence electrons. The van der Waals surface area contributed by atoms with Gasteiger partial charge in [0.2, 0.25) is 0 Å². The van der Waals surface area contributed by atoms with E-state index in [4.69, 9.17) is 5.11 Å². The largest absolute Gasteiger partial charge is 0.393 e. The summed E-state index contributed by atoms with van der Waals surface area (Å²) >= 11 is 0. The molecule has 1 atom stereocenters. The molecule has 2 N–H and O–H groups in total. The number of anilines is 1. The fraction of sp³-hybridized carbons (Fsp3) is 0.545. The number of hydrogen-bond donors (Lipinski definition) is 2. The van der Waals surface area contributed by atoms with Crippen molar-refractivity contribution in [3.8, 4) is 0 Å². The first-order valence-corrected chi connectivity index (χ1v) is 4.94. The van der Waals surface area contributed by atoms with E-state index in [1.54, 1.807) is 6.92 Å². The molecule has 1 aromatic heterocycles. The maximum atomic E-state index is 9.10. The van der Waals surface area contributed by atoms with Crippen LogP contribution in [0.25, 0.3) is 0 Å². The number of nitrogens with one attached hydrogen (secondary N) is 1. The van der Waals surface area contributed by atoms with Crippen molar-refractivity contribution in [3.05, 3.63) is 23.5 Å². The van der Waals surface area contributed by atoms with Crippen molar-refractivity contribution in [1.82, 2.24) is 4.98 Å². The van der Waals surface area contributed by atoms with E-state index in [9.17, 15) is 0 Å². The number of aliphatic hydroxyl groups excluding tert-OH is 1. The zero-order valence-electron chi connectivity index (χ0n) is 9.04. The van der Waals surface area contributed by atoms with E-state index in [-0.39, 0.29) is 6.10 Å². The third kappa shape index (κ3) is 3.00. The van der Waals surface area contributed by atoms with Gasteiger partial charge in [0, 0.05) is 12.7 Å². The SMILES string of the molecule is Cc1cncc(NCCC(C)O)c1C. The first kappa shape index (κ1) is 11.0. The molecule has 3 nitrogen and oxygen atoms in total. The van der Waals surface area contributed by atoms with Gasteiger partial charge in [-0.3, -0.25) is 4.98 Å². The molecule has 14 heavy (non-hydrogen) atoms. The lowest BCUT2D eigenvalue weighted by atomic mass is 10.1. The van der Waals surface area contributed by atoms with Gasteiger partial charge in [-0.2, -0.15) is 0 Å². The van der Waals surface area contributed by atoms with E-state index in [2.05, 4.69) is 17.2 Å². The zero-order valence-corrected chi connectivity index (χ0v) is 9.04. The van der Waals surface area contributed by atoms with Gasteiger partial charge in [0.15, 0.2) is 0 Å². The Morgan fingerprint density at radius 3 is 2.79 bits per heavy atom. The molecule has 0 bridgehead atoms. The molecule has 0 radical (unpaired) electrons. The Morgan fingerprint density at radius 2 is 2.14 bits per heavy atom. The van der Waals surface area contributed by atoms with Crippen LogP contribution in [0.2, 0.25) is 0 Å². The molecular formula is C11H18N2O. The number of aliphatic hydroxyl groups is 1. The zero-order chi connectivity index (χ0) is 10.6. The van der Waals surface area contributed by atoms with Crippen LogP contribution in [-0.2, 0) is 0 Å². The number of rotatable bonds is 4. The number of aromatic nitrogens is 1. The van der Waals surface area contributed by atoms with Crippen LogP contribution in [0.5, 0.6) is 0 Å². The minimum Gasteiger partial charge on any atom is -0.393 e. The van der Waals surface area contributed by atoms with Crippen molar-refractivity contribution in [1.29, 1.82) is 0 Å². The monoisotopic (exact) mass is 194 g/mol. The smallest absolute Gasteiger partial charge is 0.0559 e. The Morgan fingerprint density at radius 1 is 1.43 bits per heavy atom. The number of aryl methyl sites for hydroxylation is 1. The summed E-state index contributed by atoms with van der Waals surface area (Å²) in [6, 6.07) is 0. The van der Waals surface area contributed by atoms with Crippen LogP contribution >= 0.6 is 0 Å². The van der Waals surface area contributed by atoms with Crippen LogP contribution in [0, 0.1) is 13.8 Å². The quantitative estimate of drug-likeness (QED) is 0.769. The summed E-state index contributed by atoms with van der Waals surface area (Å²) in [5.74, 6) is 0. The van der Waals surface area contributed by atoms with Gasteiger partial charge in [0.25, 0.3) is 0 Å². The minimum atomic E-state index is -0.249. The van der Waals surface area contributed by atoms with Gasteiger partial charge < -0.3 is 10.4 Å². The van der Waals surface area contributed by atoms with Crippen molar-refractivity contribution < 1.29 is 5.11 Å². The number of hydrogen-bond acceptors (Lipinski definition) is 3. The summed E-state index contributed by atoms with van der Waals surface area (Å²) in [5, 5.41) is 12.4. The first-order chi connectivity index (χ1) is 6.61. The standard InChI is InChI=1S/C11H18N2O/c1-8-6-12-7-11(10(8)3)13-5-4-9(2)14/h6-7,9,13-14H,4-5H2,1-3H3. The maximum absolute atomic E-state index is 9.10. The van der Waals surface area contributed by atoms with Crippen molar-refractivity contribution in [2.24, 2.45) is 0 Å². The van der Waals surface area contributed by atoms with Crippen LogP contribution in [0.3, 0.4) is 0 Å². The Hall–Kier alpha value is -1.09. The van der Waals surface area contributed by atoms with E-state index in [1.165, 1.54) is 11.1 Å². The van der Waals surface area contributed by atoms with E-state index >= 15 is 0 Å². The lowest BCUT2D eigenvalue weighted by molar-refractivity contribution is 0.188. The molecule has 1 rings (SSSR count). The average Bonchev–Trinajstić information content (AvgIpc) is 2.12. The molecule has 3 heteroatoms. The highest BCUT2D eigenvalue weighted by Gasteiger charge is 2.01. The second kappa shape index (κ2) is 4.96. The van der Waals surface area contributed by atoms with Gasteiger partial charge in [-0.15, -0.1) is 0 Å². The van der Waals surface area contributed by atoms with Crippen molar-refractivity contribution in [2.45, 2.75) is 33.3 Å². The van der Waals surface area contributed by atoms with Gasteiger partial charge >= 0.3 is 0 Å². The molecule has 0 amide bonds. The fourth-order valence-corrected chi connectivity index (χ4v) is 1.22. The van der Waals surface area contributed by atoms with Gasteiger partial charge in [-0.25, -0.2) is 0 Å². The molecule has 0 aliphatic rings. The van der Waals surface area contributed by atoms with Crippen LogP contribution in [0.15, 0.2) is 12.4 Å². The lowest BCUT2D eigenvalue weighted by Crippen LogP contribution is -2.10. The van der Waals surface area contributed by atoms with Gasteiger partial charge in [0.05, 0.1) is 18.0 Å². The molecular weight excluding hydrogens is 176 g/mol. The van der Waals surface area contributed by atoms with Crippen LogP contribution < -0.4 is 5.32 Å². The molecule has 0 aliphatic carbocycles. The predicted molar refractivity (Wildman–Crippen MR) is 58.5 cm³/mol. The summed E-state index contributed by atoms with van der Waals surface area (Å²) in [5.41, 5.74) is 3.48. The van der Waals surface area contributed by atoms with Crippen LogP contribution in [-0.4, -0.2) is 22.7 Å². The molecule has 1 heterocycles. The molecule has 0 saturated carbocycles. The second-order valence-electron chi connectivity index (χ2n) is 3.69. The third-order valence-electron chi connectivity index (χ3n) is 2.34. The van der Waals surface area contributed by atoms with E-state index in [1.807, 2.05) is 19.3 Å². The molecule has 0 fully saturated rings. The average molecular weight is 194 g/mol. The van der Waals surface area contributed by atoms with E-state index in [0.717, 1.165) is 18.7 Å².